The molecule has 0 aliphatic heterocycles. The Morgan fingerprint density at radius 2 is 2.31 bits per heavy atom. The van der Waals surface area contributed by atoms with Crippen LogP contribution in [-0.4, -0.2) is 19.6 Å². The number of aldehydes is 1. The number of hydrogen-bond acceptors (Lipinski definition) is 2. The molecule has 70 valence electrons. The first kappa shape index (κ1) is 9.99. The third-order valence-corrected chi connectivity index (χ3v) is 1.74. The molecule has 1 aromatic carbocycles. The first-order valence-electron chi connectivity index (χ1n) is 3.71. The van der Waals surface area contributed by atoms with E-state index in [4.69, 9.17) is 16.3 Å². The number of alkyl halides is 1. The highest BCUT2D eigenvalue weighted by molar-refractivity contribution is 6.32. The van der Waals surface area contributed by atoms with Crippen LogP contribution in [0.5, 0.6) is 5.75 Å². The molecule has 1 aromatic rings. The second-order valence-electron chi connectivity index (χ2n) is 2.35. The summed E-state index contributed by atoms with van der Waals surface area (Å²) in [6, 6.07) is 4.58. The van der Waals surface area contributed by atoms with Crippen LogP contribution >= 0.6 is 11.6 Å². The van der Waals surface area contributed by atoms with Crippen LogP contribution in [-0.2, 0) is 0 Å². The molecule has 0 aliphatic rings. The molecule has 0 spiro atoms. The maximum absolute atomic E-state index is 11.8. The van der Waals surface area contributed by atoms with Crippen molar-refractivity contribution in [3.63, 3.8) is 0 Å². The number of benzene rings is 1. The van der Waals surface area contributed by atoms with Crippen LogP contribution in [0.4, 0.5) is 4.39 Å². The van der Waals surface area contributed by atoms with Crippen LogP contribution in [0, 0.1) is 0 Å². The summed E-state index contributed by atoms with van der Waals surface area (Å²) in [5, 5.41) is 0.374. The Morgan fingerprint density at radius 3 is 2.92 bits per heavy atom. The molecule has 0 unspecified atom stereocenters. The Hall–Kier alpha value is -1.09. The van der Waals surface area contributed by atoms with E-state index in [0.29, 0.717) is 22.6 Å². The zero-order chi connectivity index (χ0) is 9.68. The highest BCUT2D eigenvalue weighted by Gasteiger charge is 2.02. The van der Waals surface area contributed by atoms with Gasteiger partial charge in [-0.3, -0.25) is 4.79 Å². The molecule has 0 fully saturated rings. The van der Waals surface area contributed by atoms with Crippen LogP contribution in [0.2, 0.25) is 5.02 Å². The smallest absolute Gasteiger partial charge is 0.150 e. The fraction of sp³-hybridized carbons (Fsp3) is 0.222. The predicted molar refractivity (Wildman–Crippen MR) is 48.3 cm³/mol. The number of carbonyl (C=O) groups excluding carboxylic acids is 1. The largest absolute Gasteiger partial charge is 0.489 e. The molecule has 0 atom stereocenters. The van der Waals surface area contributed by atoms with Gasteiger partial charge in [0.2, 0.25) is 0 Å². The summed E-state index contributed by atoms with van der Waals surface area (Å²) in [4.78, 5) is 10.4. The average Bonchev–Trinajstić information content (AvgIpc) is 2.17. The SMILES string of the molecule is O=Cc1ccc(Cl)c(OCCF)c1. The summed E-state index contributed by atoms with van der Waals surface area (Å²) in [6.07, 6.45) is 0.679. The van der Waals surface area contributed by atoms with Gasteiger partial charge in [0.1, 0.15) is 25.3 Å². The van der Waals surface area contributed by atoms with E-state index >= 15 is 0 Å². The van der Waals surface area contributed by atoms with Crippen molar-refractivity contribution in [1.82, 2.24) is 0 Å². The van der Waals surface area contributed by atoms with E-state index in [2.05, 4.69) is 0 Å². The lowest BCUT2D eigenvalue weighted by atomic mass is 10.2. The van der Waals surface area contributed by atoms with Crippen molar-refractivity contribution in [2.24, 2.45) is 0 Å². The van der Waals surface area contributed by atoms with Gasteiger partial charge in [0.25, 0.3) is 0 Å². The van der Waals surface area contributed by atoms with Gasteiger partial charge < -0.3 is 4.74 Å². The fourth-order valence-corrected chi connectivity index (χ4v) is 1.02. The normalized spacial score (nSPS) is 9.69. The molecule has 0 radical (unpaired) electrons. The second-order valence-corrected chi connectivity index (χ2v) is 2.75. The van der Waals surface area contributed by atoms with Crippen molar-refractivity contribution in [3.8, 4) is 5.75 Å². The van der Waals surface area contributed by atoms with Crippen LogP contribution in [0.3, 0.4) is 0 Å². The zero-order valence-electron chi connectivity index (χ0n) is 6.80. The van der Waals surface area contributed by atoms with E-state index in [1.165, 1.54) is 6.07 Å². The minimum Gasteiger partial charge on any atom is -0.489 e. The van der Waals surface area contributed by atoms with Crippen LogP contribution in [0.1, 0.15) is 10.4 Å². The molecule has 0 amide bonds. The van der Waals surface area contributed by atoms with Gasteiger partial charge in [-0.15, -0.1) is 0 Å². The van der Waals surface area contributed by atoms with Gasteiger partial charge in [-0.1, -0.05) is 11.6 Å². The highest BCUT2D eigenvalue weighted by atomic mass is 35.5. The minimum atomic E-state index is -0.582. The Bertz CT molecular complexity index is 302. The summed E-state index contributed by atoms with van der Waals surface area (Å²) < 4.78 is 16.7. The monoisotopic (exact) mass is 202 g/mol. The predicted octanol–water partition coefficient (Wildman–Crippen LogP) is 2.50. The average molecular weight is 203 g/mol. The summed E-state index contributed by atoms with van der Waals surface area (Å²) in [7, 11) is 0. The molecule has 0 bridgehead atoms. The van der Waals surface area contributed by atoms with Crippen molar-refractivity contribution in [3.05, 3.63) is 28.8 Å². The van der Waals surface area contributed by atoms with E-state index in [-0.39, 0.29) is 6.61 Å². The Labute approximate surface area is 80.3 Å². The zero-order valence-corrected chi connectivity index (χ0v) is 7.55. The van der Waals surface area contributed by atoms with E-state index in [9.17, 15) is 9.18 Å². The molecule has 2 nitrogen and oxygen atoms in total. The number of halogens is 2. The van der Waals surface area contributed by atoms with Crippen LogP contribution in [0.25, 0.3) is 0 Å². The van der Waals surface area contributed by atoms with Gasteiger partial charge in [-0.05, 0) is 18.2 Å². The highest BCUT2D eigenvalue weighted by Crippen LogP contribution is 2.24. The second kappa shape index (κ2) is 4.82. The molecule has 0 aliphatic carbocycles. The van der Waals surface area contributed by atoms with Crippen LogP contribution < -0.4 is 4.74 Å². The lowest BCUT2D eigenvalue weighted by molar-refractivity contribution is 0.112. The van der Waals surface area contributed by atoms with Gasteiger partial charge >= 0.3 is 0 Å². The summed E-state index contributed by atoms with van der Waals surface area (Å²) >= 11 is 5.73. The lowest BCUT2D eigenvalue weighted by Gasteiger charge is -2.05. The fourth-order valence-electron chi connectivity index (χ4n) is 0.852. The molecular weight excluding hydrogens is 195 g/mol. The third-order valence-electron chi connectivity index (χ3n) is 1.43. The molecular formula is C9H8ClFO2. The minimum absolute atomic E-state index is 0.0535. The molecule has 0 saturated heterocycles. The lowest BCUT2D eigenvalue weighted by Crippen LogP contribution is -1.99. The van der Waals surface area contributed by atoms with Crippen LogP contribution in [0.15, 0.2) is 18.2 Å². The van der Waals surface area contributed by atoms with Gasteiger partial charge in [-0.25, -0.2) is 4.39 Å². The molecule has 13 heavy (non-hydrogen) atoms. The van der Waals surface area contributed by atoms with Crippen molar-refractivity contribution in [2.75, 3.05) is 13.3 Å². The van der Waals surface area contributed by atoms with E-state index in [1.807, 2.05) is 0 Å². The van der Waals surface area contributed by atoms with Crippen molar-refractivity contribution >= 4 is 17.9 Å². The topological polar surface area (TPSA) is 26.3 Å². The van der Waals surface area contributed by atoms with Crippen molar-refractivity contribution in [1.29, 1.82) is 0 Å². The molecule has 0 aromatic heterocycles. The van der Waals surface area contributed by atoms with Gasteiger partial charge in [0.15, 0.2) is 0 Å². The van der Waals surface area contributed by atoms with E-state index in [0.717, 1.165) is 0 Å². The number of rotatable bonds is 4. The molecule has 0 saturated carbocycles. The Morgan fingerprint density at radius 1 is 1.54 bits per heavy atom. The van der Waals surface area contributed by atoms with Gasteiger partial charge in [-0.2, -0.15) is 0 Å². The number of carbonyl (C=O) groups is 1. The first-order chi connectivity index (χ1) is 6.27. The van der Waals surface area contributed by atoms with Gasteiger partial charge in [0.05, 0.1) is 5.02 Å². The molecule has 4 heteroatoms. The molecule has 1 rings (SSSR count). The third kappa shape index (κ3) is 2.70. The summed E-state index contributed by atoms with van der Waals surface area (Å²) in [5.41, 5.74) is 0.457. The maximum atomic E-state index is 11.8. The summed E-state index contributed by atoms with van der Waals surface area (Å²) in [5.74, 6) is 0.337. The summed E-state index contributed by atoms with van der Waals surface area (Å²) in [6.45, 7) is -0.635. The first-order valence-corrected chi connectivity index (χ1v) is 4.09. The quantitative estimate of drug-likeness (QED) is 0.702. The number of ether oxygens (including phenoxy) is 1. The van der Waals surface area contributed by atoms with Crippen molar-refractivity contribution < 1.29 is 13.9 Å². The Kier molecular flexibility index (Phi) is 3.71. The maximum Gasteiger partial charge on any atom is 0.150 e. The molecule has 0 heterocycles. The standard InChI is InChI=1S/C9H8ClFO2/c10-8-2-1-7(6-12)5-9(8)13-4-3-11/h1-2,5-6H,3-4H2. The van der Waals surface area contributed by atoms with Gasteiger partial charge in [0, 0.05) is 5.56 Å². The number of hydrogen-bond donors (Lipinski definition) is 0. The Balaban J connectivity index is 2.83. The molecule has 0 N–H and O–H groups in total. The van der Waals surface area contributed by atoms with Crippen molar-refractivity contribution in [2.45, 2.75) is 0 Å². The van der Waals surface area contributed by atoms with E-state index in [1.54, 1.807) is 12.1 Å². The van der Waals surface area contributed by atoms with E-state index < -0.39 is 6.67 Å².